The minimum absolute atomic E-state index is 0.362. The zero-order valence-corrected chi connectivity index (χ0v) is 12.9. The molecule has 4 nitrogen and oxygen atoms in total. The Morgan fingerprint density at radius 1 is 1.40 bits per heavy atom. The first-order chi connectivity index (χ1) is 9.60. The quantitative estimate of drug-likeness (QED) is 0.882. The first-order valence-electron chi connectivity index (χ1n) is 6.30. The summed E-state index contributed by atoms with van der Waals surface area (Å²) in [5.74, 6) is 0.928. The molecular weight excluding hydrogens is 325 g/mol. The Morgan fingerprint density at radius 2 is 2.20 bits per heavy atom. The van der Waals surface area contributed by atoms with E-state index in [1.54, 1.807) is 12.3 Å². The van der Waals surface area contributed by atoms with Gasteiger partial charge in [-0.05, 0) is 41.4 Å². The van der Waals surface area contributed by atoms with Crippen molar-refractivity contribution in [3.8, 4) is 11.6 Å². The maximum Gasteiger partial charge on any atom is 0.227 e. The molecule has 2 rings (SSSR count). The third-order valence-corrected chi connectivity index (χ3v) is 3.21. The molecule has 0 aliphatic heterocycles. The van der Waals surface area contributed by atoms with Gasteiger partial charge >= 0.3 is 0 Å². The average Bonchev–Trinajstić information content (AvgIpc) is 2.43. The second kappa shape index (κ2) is 6.65. The van der Waals surface area contributed by atoms with E-state index in [2.05, 4.69) is 38.1 Å². The molecule has 1 heterocycles. The van der Waals surface area contributed by atoms with Gasteiger partial charge in [0.15, 0.2) is 0 Å². The molecule has 0 bridgehead atoms. The van der Waals surface area contributed by atoms with Crippen molar-refractivity contribution in [3.63, 3.8) is 0 Å². The minimum Gasteiger partial charge on any atom is -0.437 e. The Morgan fingerprint density at radius 3 is 2.95 bits per heavy atom. The summed E-state index contributed by atoms with van der Waals surface area (Å²) in [4.78, 5) is 8.46. The molecule has 0 amide bonds. The van der Waals surface area contributed by atoms with Gasteiger partial charge in [0.25, 0.3) is 0 Å². The Hall–Kier alpha value is -1.69. The van der Waals surface area contributed by atoms with Gasteiger partial charge in [-0.25, -0.2) is 9.37 Å². The normalized spacial score (nSPS) is 10.4. The zero-order valence-electron chi connectivity index (χ0n) is 11.3. The van der Waals surface area contributed by atoms with E-state index in [1.165, 1.54) is 12.1 Å². The summed E-state index contributed by atoms with van der Waals surface area (Å²) in [6, 6.07) is 4.26. The van der Waals surface area contributed by atoms with Gasteiger partial charge < -0.3 is 10.1 Å². The number of benzene rings is 1. The second-order valence-electron chi connectivity index (χ2n) is 4.29. The number of nitrogens with one attached hydrogen (secondary N) is 1. The summed E-state index contributed by atoms with van der Waals surface area (Å²) in [7, 11) is 0. The van der Waals surface area contributed by atoms with E-state index >= 15 is 0 Å². The number of nitrogens with zero attached hydrogens (tertiary/aromatic N) is 2. The number of rotatable bonds is 5. The fourth-order valence-electron chi connectivity index (χ4n) is 1.51. The molecule has 2 aromatic rings. The number of anilines is 1. The molecule has 0 aliphatic carbocycles. The Labute approximate surface area is 125 Å². The van der Waals surface area contributed by atoms with Crippen molar-refractivity contribution >= 4 is 21.9 Å². The molecule has 0 fully saturated rings. The van der Waals surface area contributed by atoms with E-state index < -0.39 is 0 Å². The number of aryl methyl sites for hydroxylation is 1. The van der Waals surface area contributed by atoms with Gasteiger partial charge in [0, 0.05) is 24.4 Å². The SMILES string of the molecule is CCCNc1ncc(C)c(Oc2cc(F)ccc2Br)n1. The van der Waals surface area contributed by atoms with Gasteiger partial charge in [-0.1, -0.05) is 6.92 Å². The smallest absolute Gasteiger partial charge is 0.227 e. The summed E-state index contributed by atoms with van der Waals surface area (Å²) in [6.45, 7) is 4.68. The van der Waals surface area contributed by atoms with Crippen LogP contribution in [-0.2, 0) is 0 Å². The van der Waals surface area contributed by atoms with Crippen molar-refractivity contribution in [2.45, 2.75) is 20.3 Å². The van der Waals surface area contributed by atoms with Gasteiger partial charge in [0.05, 0.1) is 4.47 Å². The summed E-state index contributed by atoms with van der Waals surface area (Å²) in [6.07, 6.45) is 2.65. The van der Waals surface area contributed by atoms with Crippen molar-refractivity contribution in [3.05, 3.63) is 40.2 Å². The summed E-state index contributed by atoms with van der Waals surface area (Å²) in [5.41, 5.74) is 0.781. The molecule has 1 N–H and O–H groups in total. The van der Waals surface area contributed by atoms with Gasteiger partial charge in [-0.15, -0.1) is 0 Å². The van der Waals surface area contributed by atoms with E-state index in [1.807, 2.05) is 6.92 Å². The lowest BCUT2D eigenvalue weighted by Gasteiger charge is -2.11. The largest absolute Gasteiger partial charge is 0.437 e. The summed E-state index contributed by atoms with van der Waals surface area (Å²) >= 11 is 3.32. The van der Waals surface area contributed by atoms with Crippen molar-refractivity contribution in [2.75, 3.05) is 11.9 Å². The van der Waals surface area contributed by atoms with E-state index in [0.29, 0.717) is 22.1 Å². The maximum absolute atomic E-state index is 13.3. The average molecular weight is 340 g/mol. The molecule has 0 aliphatic rings. The number of aromatic nitrogens is 2. The molecule has 0 radical (unpaired) electrons. The monoisotopic (exact) mass is 339 g/mol. The van der Waals surface area contributed by atoms with Crippen molar-refractivity contribution in [1.29, 1.82) is 0 Å². The van der Waals surface area contributed by atoms with Crippen LogP contribution >= 0.6 is 15.9 Å². The fraction of sp³-hybridized carbons (Fsp3) is 0.286. The van der Waals surface area contributed by atoms with Crippen molar-refractivity contribution in [1.82, 2.24) is 9.97 Å². The Kier molecular flexibility index (Phi) is 4.89. The Balaban J connectivity index is 2.25. The second-order valence-corrected chi connectivity index (χ2v) is 5.14. The topological polar surface area (TPSA) is 47.0 Å². The standard InChI is InChI=1S/C14H15BrFN3O/c1-3-6-17-14-18-8-9(2)13(19-14)20-12-7-10(16)4-5-11(12)15/h4-5,7-8H,3,6H2,1-2H3,(H,17,18,19). The predicted octanol–water partition coefficient (Wildman–Crippen LogP) is 4.30. The van der Waals surface area contributed by atoms with E-state index in [4.69, 9.17) is 4.74 Å². The summed E-state index contributed by atoms with van der Waals surface area (Å²) < 4.78 is 19.6. The molecule has 106 valence electrons. The number of halogens is 2. The lowest BCUT2D eigenvalue weighted by Crippen LogP contribution is -2.05. The predicted molar refractivity (Wildman–Crippen MR) is 79.7 cm³/mol. The molecule has 20 heavy (non-hydrogen) atoms. The third kappa shape index (κ3) is 3.66. The maximum atomic E-state index is 13.3. The van der Waals surface area contributed by atoms with Crippen LogP contribution in [0, 0.1) is 12.7 Å². The number of hydrogen-bond donors (Lipinski definition) is 1. The third-order valence-electron chi connectivity index (χ3n) is 2.56. The minimum atomic E-state index is -0.362. The van der Waals surface area contributed by atoms with Gasteiger partial charge in [0.2, 0.25) is 11.8 Å². The van der Waals surface area contributed by atoms with Crippen LogP contribution in [-0.4, -0.2) is 16.5 Å². The van der Waals surface area contributed by atoms with E-state index in [-0.39, 0.29) is 5.82 Å². The van der Waals surface area contributed by atoms with Crippen LogP contribution in [0.4, 0.5) is 10.3 Å². The van der Waals surface area contributed by atoms with E-state index in [0.717, 1.165) is 18.5 Å². The fourth-order valence-corrected chi connectivity index (χ4v) is 1.84. The first-order valence-corrected chi connectivity index (χ1v) is 7.10. The van der Waals surface area contributed by atoms with Crippen LogP contribution in [0.15, 0.2) is 28.9 Å². The highest BCUT2D eigenvalue weighted by Gasteiger charge is 2.09. The van der Waals surface area contributed by atoms with Crippen LogP contribution in [0.25, 0.3) is 0 Å². The molecule has 6 heteroatoms. The van der Waals surface area contributed by atoms with Gasteiger partial charge in [-0.3, -0.25) is 0 Å². The van der Waals surface area contributed by atoms with Crippen molar-refractivity contribution in [2.24, 2.45) is 0 Å². The molecule has 0 saturated heterocycles. The molecule has 0 unspecified atom stereocenters. The van der Waals surface area contributed by atoms with E-state index in [9.17, 15) is 4.39 Å². The number of hydrogen-bond acceptors (Lipinski definition) is 4. The Bertz CT molecular complexity index is 607. The van der Waals surface area contributed by atoms with Crippen LogP contribution in [0.5, 0.6) is 11.6 Å². The molecule has 1 aromatic carbocycles. The van der Waals surface area contributed by atoms with Gasteiger partial charge in [-0.2, -0.15) is 4.98 Å². The van der Waals surface area contributed by atoms with Crippen LogP contribution in [0.3, 0.4) is 0 Å². The zero-order chi connectivity index (χ0) is 14.5. The molecule has 0 atom stereocenters. The van der Waals surface area contributed by atoms with Crippen LogP contribution < -0.4 is 10.1 Å². The highest BCUT2D eigenvalue weighted by atomic mass is 79.9. The summed E-state index contributed by atoms with van der Waals surface area (Å²) in [5, 5.41) is 3.09. The lowest BCUT2D eigenvalue weighted by atomic mass is 10.3. The highest BCUT2D eigenvalue weighted by Crippen LogP contribution is 2.31. The highest BCUT2D eigenvalue weighted by molar-refractivity contribution is 9.10. The lowest BCUT2D eigenvalue weighted by molar-refractivity contribution is 0.450. The first kappa shape index (κ1) is 14.7. The van der Waals surface area contributed by atoms with Gasteiger partial charge in [0.1, 0.15) is 11.6 Å². The molecule has 0 spiro atoms. The molecule has 0 saturated carbocycles. The van der Waals surface area contributed by atoms with Crippen LogP contribution in [0.1, 0.15) is 18.9 Å². The number of ether oxygens (including phenoxy) is 1. The molecule has 1 aromatic heterocycles. The molecular formula is C14H15BrFN3O. The van der Waals surface area contributed by atoms with Crippen LogP contribution in [0.2, 0.25) is 0 Å². The van der Waals surface area contributed by atoms with Crippen molar-refractivity contribution < 1.29 is 9.13 Å².